The number of nitrogens with two attached hydrogens (primary N) is 1. The average Bonchev–Trinajstić information content (AvgIpc) is 2.57. The quantitative estimate of drug-likeness (QED) is 0.476. The van der Waals surface area contributed by atoms with Crippen LogP contribution in [0.5, 0.6) is 0 Å². The fourth-order valence-corrected chi connectivity index (χ4v) is 2.53. The minimum absolute atomic E-state index is 0.0650. The highest BCUT2D eigenvalue weighted by Gasteiger charge is 2.31. The van der Waals surface area contributed by atoms with Crippen LogP contribution in [0.15, 0.2) is 30.3 Å². The van der Waals surface area contributed by atoms with E-state index in [1.807, 2.05) is 37.3 Å². The first-order valence-electron chi connectivity index (χ1n) is 8.61. The van der Waals surface area contributed by atoms with Gasteiger partial charge in [0.25, 0.3) is 0 Å². The van der Waals surface area contributed by atoms with Crippen LogP contribution in [0.4, 0.5) is 0 Å². The van der Waals surface area contributed by atoms with E-state index in [9.17, 15) is 19.8 Å². The summed E-state index contributed by atoms with van der Waals surface area (Å²) in [5, 5.41) is 22.9. The van der Waals surface area contributed by atoms with Gasteiger partial charge in [-0.25, -0.2) is 0 Å². The summed E-state index contributed by atoms with van der Waals surface area (Å²) in [6, 6.07) is 9.72. The van der Waals surface area contributed by atoms with Gasteiger partial charge in [0.15, 0.2) is 0 Å². The van der Waals surface area contributed by atoms with Crippen LogP contribution < -0.4 is 11.1 Å². The fraction of sp³-hybridized carbons (Fsp3) is 0.526. The average molecular weight is 349 g/mol. The van der Waals surface area contributed by atoms with Crippen LogP contribution in [0.1, 0.15) is 38.7 Å². The molecule has 1 unspecified atom stereocenters. The molecule has 5 N–H and O–H groups in total. The van der Waals surface area contributed by atoms with E-state index in [0.717, 1.165) is 5.56 Å². The lowest BCUT2D eigenvalue weighted by Gasteiger charge is -2.24. The second-order valence-corrected chi connectivity index (χ2v) is 6.50. The summed E-state index contributed by atoms with van der Waals surface area (Å²) in [5.74, 6) is -1.53. The van der Waals surface area contributed by atoms with E-state index in [1.165, 1.54) is 6.92 Å². The molecular formula is C19H29N2O4. The number of aliphatic hydroxyl groups is 2. The van der Waals surface area contributed by atoms with Crippen LogP contribution in [0, 0.1) is 12.3 Å². The molecule has 2 amide bonds. The zero-order valence-electron chi connectivity index (χ0n) is 14.9. The van der Waals surface area contributed by atoms with Crippen LogP contribution in [-0.2, 0) is 16.0 Å². The molecule has 3 atom stereocenters. The van der Waals surface area contributed by atoms with Crippen molar-refractivity contribution in [2.45, 2.75) is 51.2 Å². The van der Waals surface area contributed by atoms with E-state index in [4.69, 9.17) is 5.73 Å². The first-order valence-corrected chi connectivity index (χ1v) is 8.61. The first-order chi connectivity index (χ1) is 11.8. The normalized spacial score (nSPS) is 15.8. The number of carbonyl (C=O) groups excluding carboxylic acids is 2. The van der Waals surface area contributed by atoms with Crippen LogP contribution in [-0.4, -0.2) is 40.3 Å². The molecule has 0 saturated carbocycles. The fourth-order valence-electron chi connectivity index (χ4n) is 2.53. The number of nitrogens with one attached hydrogen (secondary N) is 1. The molecule has 1 aromatic rings. The maximum Gasteiger partial charge on any atom is 0.249 e. The summed E-state index contributed by atoms with van der Waals surface area (Å²) in [6.45, 7) is 3.62. The Kier molecular flexibility index (Phi) is 8.58. The molecular weight excluding hydrogens is 320 g/mol. The third-order valence-corrected chi connectivity index (χ3v) is 4.23. The summed E-state index contributed by atoms with van der Waals surface area (Å²) in [5.41, 5.74) is 4.57. The van der Waals surface area contributed by atoms with Crippen LogP contribution in [0.25, 0.3) is 0 Å². The molecule has 6 nitrogen and oxygen atoms in total. The number of rotatable bonds is 11. The molecule has 0 fully saturated rings. The topological polar surface area (TPSA) is 113 Å². The second kappa shape index (κ2) is 10.2. The van der Waals surface area contributed by atoms with Crippen LogP contribution in [0.3, 0.4) is 0 Å². The van der Waals surface area contributed by atoms with Gasteiger partial charge < -0.3 is 21.3 Å². The van der Waals surface area contributed by atoms with E-state index in [2.05, 4.69) is 5.32 Å². The number of primary amides is 1. The summed E-state index contributed by atoms with van der Waals surface area (Å²) in [7, 11) is 0. The molecule has 0 aromatic heterocycles. The summed E-state index contributed by atoms with van der Waals surface area (Å²) in [6.07, 6.45) is 2.16. The third-order valence-electron chi connectivity index (χ3n) is 4.23. The van der Waals surface area contributed by atoms with E-state index >= 15 is 0 Å². The summed E-state index contributed by atoms with van der Waals surface area (Å²) in [4.78, 5) is 23.4. The molecule has 0 bridgehead atoms. The van der Waals surface area contributed by atoms with Crippen molar-refractivity contribution >= 4 is 11.8 Å². The lowest BCUT2D eigenvalue weighted by atomic mass is 9.88. The molecule has 0 aliphatic heterocycles. The van der Waals surface area contributed by atoms with Gasteiger partial charge in [0, 0.05) is 12.5 Å². The van der Waals surface area contributed by atoms with Gasteiger partial charge >= 0.3 is 0 Å². The lowest BCUT2D eigenvalue weighted by molar-refractivity contribution is -0.136. The molecule has 0 aliphatic rings. The van der Waals surface area contributed by atoms with Gasteiger partial charge in [-0.2, -0.15) is 0 Å². The van der Waals surface area contributed by atoms with E-state index in [1.54, 1.807) is 6.42 Å². The van der Waals surface area contributed by atoms with Gasteiger partial charge in [0.1, 0.15) is 5.60 Å². The van der Waals surface area contributed by atoms with Crippen molar-refractivity contribution in [3.63, 3.8) is 0 Å². The van der Waals surface area contributed by atoms with E-state index in [-0.39, 0.29) is 25.2 Å². The van der Waals surface area contributed by atoms with Crippen molar-refractivity contribution in [1.82, 2.24) is 5.32 Å². The minimum atomic E-state index is -1.66. The van der Waals surface area contributed by atoms with Gasteiger partial charge in [-0.3, -0.25) is 9.59 Å². The monoisotopic (exact) mass is 349 g/mol. The predicted molar refractivity (Wildman–Crippen MR) is 96.3 cm³/mol. The summed E-state index contributed by atoms with van der Waals surface area (Å²) >= 11 is 0. The molecule has 0 spiro atoms. The highest BCUT2D eigenvalue weighted by atomic mass is 16.3. The smallest absolute Gasteiger partial charge is 0.249 e. The van der Waals surface area contributed by atoms with E-state index in [0.29, 0.717) is 13.0 Å². The molecule has 0 aliphatic carbocycles. The Hall–Kier alpha value is -1.92. The lowest BCUT2D eigenvalue weighted by Crippen LogP contribution is -2.42. The van der Waals surface area contributed by atoms with Crippen molar-refractivity contribution in [1.29, 1.82) is 0 Å². The van der Waals surface area contributed by atoms with Crippen LogP contribution >= 0.6 is 0 Å². The largest absolute Gasteiger partial charge is 0.393 e. The van der Waals surface area contributed by atoms with Crippen molar-refractivity contribution < 1.29 is 19.8 Å². The Morgan fingerprint density at radius 2 is 1.96 bits per heavy atom. The molecule has 1 aromatic carbocycles. The molecule has 1 rings (SSSR count). The highest BCUT2D eigenvalue weighted by Crippen LogP contribution is 2.22. The Labute approximate surface area is 149 Å². The van der Waals surface area contributed by atoms with Gasteiger partial charge in [0.2, 0.25) is 11.8 Å². The van der Waals surface area contributed by atoms with Gasteiger partial charge in [-0.05, 0) is 51.5 Å². The standard InChI is InChI=1S/C19H29N2O4/c1-3-21-17(23)15(11-12-19(2,25)18(20)24)13-16(22)10-9-14-7-5-4-6-8-14/h4-8,10,15-16,22,25H,3,9,11-13H2,1-2H3,(H2,20,24)(H,21,23)/t15-,16+,19?/m1/s1. The van der Waals surface area contributed by atoms with Gasteiger partial charge in [0.05, 0.1) is 6.10 Å². The van der Waals surface area contributed by atoms with E-state index < -0.39 is 23.5 Å². The second-order valence-electron chi connectivity index (χ2n) is 6.50. The Morgan fingerprint density at radius 3 is 2.52 bits per heavy atom. The van der Waals surface area contributed by atoms with Crippen molar-refractivity contribution in [3.05, 3.63) is 42.3 Å². The maximum absolute atomic E-state index is 12.2. The van der Waals surface area contributed by atoms with Gasteiger partial charge in [-0.1, -0.05) is 30.3 Å². The minimum Gasteiger partial charge on any atom is -0.393 e. The van der Waals surface area contributed by atoms with Crippen molar-refractivity contribution in [2.24, 2.45) is 11.7 Å². The van der Waals surface area contributed by atoms with Crippen LogP contribution in [0.2, 0.25) is 0 Å². The van der Waals surface area contributed by atoms with Gasteiger partial charge in [-0.15, -0.1) is 0 Å². The molecule has 25 heavy (non-hydrogen) atoms. The van der Waals surface area contributed by atoms with Crippen molar-refractivity contribution in [3.8, 4) is 0 Å². The molecule has 0 heterocycles. The summed E-state index contributed by atoms with van der Waals surface area (Å²) < 4.78 is 0. The molecule has 139 valence electrons. The third kappa shape index (κ3) is 7.67. The number of hydrogen-bond donors (Lipinski definition) is 4. The number of hydrogen-bond acceptors (Lipinski definition) is 4. The Balaban J connectivity index is 2.59. The zero-order chi connectivity index (χ0) is 18.9. The highest BCUT2D eigenvalue weighted by molar-refractivity contribution is 5.83. The van der Waals surface area contributed by atoms with Crippen molar-refractivity contribution in [2.75, 3.05) is 6.54 Å². The SMILES string of the molecule is CCNC(=O)[C@H](CCC(C)(O)C(N)=O)C[C@@H](O)[CH]Cc1ccccc1. The Bertz CT molecular complexity index is 546. The Morgan fingerprint density at radius 1 is 1.32 bits per heavy atom. The number of benzene rings is 1. The number of aliphatic hydroxyl groups excluding tert-OH is 1. The first kappa shape index (κ1) is 21.1. The number of carbonyl (C=O) groups is 2. The number of amides is 2. The molecule has 6 heteroatoms. The maximum atomic E-state index is 12.2. The molecule has 0 saturated heterocycles. The molecule has 1 radical (unpaired) electrons. The zero-order valence-corrected chi connectivity index (χ0v) is 14.9. The predicted octanol–water partition coefficient (Wildman–Crippen LogP) is 0.953.